The number of hydrogen-bond donors (Lipinski definition) is 2. The molecule has 0 aliphatic rings. The molecular weight excluding hydrogens is 226 g/mol. The third kappa shape index (κ3) is 2.42. The van der Waals surface area contributed by atoms with Gasteiger partial charge in [-0.1, -0.05) is 30.3 Å². The van der Waals surface area contributed by atoms with Gasteiger partial charge in [-0.2, -0.15) is 5.10 Å². The van der Waals surface area contributed by atoms with Crippen LogP contribution in [0.2, 0.25) is 0 Å². The molecule has 1 unspecified atom stereocenters. The summed E-state index contributed by atoms with van der Waals surface area (Å²) in [6.07, 6.45) is 0. The molecule has 1 aromatic carbocycles. The van der Waals surface area contributed by atoms with Crippen molar-refractivity contribution in [2.24, 2.45) is 0 Å². The van der Waals surface area contributed by atoms with E-state index in [4.69, 9.17) is 0 Å². The van der Waals surface area contributed by atoms with Crippen LogP contribution in [0.1, 0.15) is 29.7 Å². The monoisotopic (exact) mass is 243 g/mol. The molecule has 0 saturated carbocycles. The molecule has 18 heavy (non-hydrogen) atoms. The standard InChI is InChI=1S/C14H17N3O/c1-9-11(3)16-17-13(9)15-14(18)10(2)12-7-5-4-6-8-12/h4-8,10H,1-3H3,(H2,15,16,17,18). The zero-order valence-corrected chi connectivity index (χ0v) is 10.8. The fourth-order valence-electron chi connectivity index (χ4n) is 1.72. The number of aryl methyl sites for hydroxylation is 1. The first-order chi connectivity index (χ1) is 8.59. The molecule has 0 spiro atoms. The maximum absolute atomic E-state index is 12.1. The van der Waals surface area contributed by atoms with Crippen molar-refractivity contribution in [3.8, 4) is 0 Å². The van der Waals surface area contributed by atoms with Gasteiger partial charge in [-0.05, 0) is 26.3 Å². The number of carbonyl (C=O) groups is 1. The van der Waals surface area contributed by atoms with Gasteiger partial charge in [-0.15, -0.1) is 0 Å². The lowest BCUT2D eigenvalue weighted by atomic mass is 10.0. The number of nitrogens with one attached hydrogen (secondary N) is 2. The number of anilines is 1. The molecule has 1 aromatic heterocycles. The molecule has 0 radical (unpaired) electrons. The molecule has 2 aromatic rings. The molecule has 4 heteroatoms. The third-order valence-corrected chi connectivity index (χ3v) is 3.19. The third-order valence-electron chi connectivity index (χ3n) is 3.19. The Bertz CT molecular complexity index is 545. The number of hydrogen-bond acceptors (Lipinski definition) is 2. The Hall–Kier alpha value is -2.10. The zero-order valence-electron chi connectivity index (χ0n) is 10.8. The lowest BCUT2D eigenvalue weighted by molar-refractivity contribution is -0.117. The Labute approximate surface area is 106 Å². The molecule has 2 N–H and O–H groups in total. The summed E-state index contributed by atoms with van der Waals surface area (Å²) in [6.45, 7) is 5.75. The topological polar surface area (TPSA) is 57.8 Å². The van der Waals surface area contributed by atoms with Crippen molar-refractivity contribution in [2.45, 2.75) is 26.7 Å². The van der Waals surface area contributed by atoms with Crippen LogP contribution in [-0.4, -0.2) is 16.1 Å². The SMILES string of the molecule is Cc1[nH]nc(NC(=O)C(C)c2ccccc2)c1C. The van der Waals surface area contributed by atoms with E-state index < -0.39 is 0 Å². The molecular formula is C14H17N3O. The summed E-state index contributed by atoms with van der Waals surface area (Å²) < 4.78 is 0. The molecule has 0 bridgehead atoms. The Morgan fingerprint density at radius 2 is 1.94 bits per heavy atom. The van der Waals surface area contributed by atoms with Gasteiger partial charge < -0.3 is 5.32 Å². The number of H-pyrrole nitrogens is 1. The van der Waals surface area contributed by atoms with Gasteiger partial charge in [0.05, 0.1) is 5.92 Å². The van der Waals surface area contributed by atoms with E-state index in [0.29, 0.717) is 5.82 Å². The molecule has 0 aliphatic heterocycles. The molecule has 0 fully saturated rings. The molecule has 0 aliphatic carbocycles. The zero-order chi connectivity index (χ0) is 13.1. The van der Waals surface area contributed by atoms with Crippen molar-refractivity contribution in [3.05, 3.63) is 47.2 Å². The summed E-state index contributed by atoms with van der Waals surface area (Å²) in [5.74, 6) is 0.374. The highest BCUT2D eigenvalue weighted by molar-refractivity contribution is 5.95. The highest BCUT2D eigenvalue weighted by Gasteiger charge is 2.17. The fraction of sp³-hybridized carbons (Fsp3) is 0.286. The van der Waals surface area contributed by atoms with Crippen molar-refractivity contribution in [3.63, 3.8) is 0 Å². The van der Waals surface area contributed by atoms with E-state index in [1.165, 1.54) is 0 Å². The highest BCUT2D eigenvalue weighted by Crippen LogP contribution is 2.19. The first kappa shape index (κ1) is 12.4. The van der Waals surface area contributed by atoms with Gasteiger partial charge in [0.2, 0.25) is 5.91 Å². The second-order valence-electron chi connectivity index (χ2n) is 4.44. The first-order valence-corrected chi connectivity index (χ1v) is 5.97. The summed E-state index contributed by atoms with van der Waals surface area (Å²) in [5, 5.41) is 9.78. The van der Waals surface area contributed by atoms with Crippen LogP contribution in [0.4, 0.5) is 5.82 Å². The Morgan fingerprint density at radius 3 is 2.50 bits per heavy atom. The minimum absolute atomic E-state index is 0.0456. The number of benzene rings is 1. The van der Waals surface area contributed by atoms with Crippen molar-refractivity contribution in [1.29, 1.82) is 0 Å². The van der Waals surface area contributed by atoms with Gasteiger partial charge in [0.1, 0.15) is 0 Å². The van der Waals surface area contributed by atoms with Gasteiger partial charge in [0.15, 0.2) is 5.82 Å². The summed E-state index contributed by atoms with van der Waals surface area (Å²) in [6, 6.07) is 9.71. The van der Waals surface area contributed by atoms with Crippen LogP contribution in [0.15, 0.2) is 30.3 Å². The molecule has 4 nitrogen and oxygen atoms in total. The molecule has 0 saturated heterocycles. The van der Waals surface area contributed by atoms with Gasteiger partial charge in [-0.25, -0.2) is 0 Å². The fourth-order valence-corrected chi connectivity index (χ4v) is 1.72. The second kappa shape index (κ2) is 5.04. The number of nitrogens with zero attached hydrogens (tertiary/aromatic N) is 1. The highest BCUT2D eigenvalue weighted by atomic mass is 16.1. The molecule has 1 atom stereocenters. The van der Waals surface area contributed by atoms with E-state index in [1.54, 1.807) is 0 Å². The largest absolute Gasteiger partial charge is 0.308 e. The lowest BCUT2D eigenvalue weighted by Gasteiger charge is -2.11. The van der Waals surface area contributed by atoms with Gasteiger partial charge in [-0.3, -0.25) is 9.89 Å². The normalized spacial score (nSPS) is 12.2. The molecule has 94 valence electrons. The summed E-state index contributed by atoms with van der Waals surface area (Å²) in [5.41, 5.74) is 2.95. The second-order valence-corrected chi connectivity index (χ2v) is 4.44. The number of aromatic nitrogens is 2. The van der Waals surface area contributed by atoms with Crippen molar-refractivity contribution < 1.29 is 4.79 Å². The van der Waals surface area contributed by atoms with E-state index in [2.05, 4.69) is 15.5 Å². The first-order valence-electron chi connectivity index (χ1n) is 5.97. The van der Waals surface area contributed by atoms with Crippen LogP contribution >= 0.6 is 0 Å². The maximum Gasteiger partial charge on any atom is 0.232 e. The maximum atomic E-state index is 12.1. The average molecular weight is 243 g/mol. The van der Waals surface area contributed by atoms with E-state index in [9.17, 15) is 4.79 Å². The summed E-state index contributed by atoms with van der Waals surface area (Å²) >= 11 is 0. The Balaban J connectivity index is 2.11. The average Bonchev–Trinajstić information content (AvgIpc) is 2.71. The smallest absolute Gasteiger partial charge is 0.232 e. The van der Waals surface area contributed by atoms with E-state index in [1.807, 2.05) is 51.1 Å². The number of amides is 1. The van der Waals surface area contributed by atoms with Crippen LogP contribution in [0.25, 0.3) is 0 Å². The van der Waals surface area contributed by atoms with E-state index in [0.717, 1.165) is 16.8 Å². The predicted molar refractivity (Wildman–Crippen MR) is 71.5 cm³/mol. The van der Waals surface area contributed by atoms with Crippen LogP contribution in [0, 0.1) is 13.8 Å². The van der Waals surface area contributed by atoms with Gasteiger partial charge in [0.25, 0.3) is 0 Å². The van der Waals surface area contributed by atoms with Crippen molar-refractivity contribution in [2.75, 3.05) is 5.32 Å². The Morgan fingerprint density at radius 1 is 1.28 bits per heavy atom. The van der Waals surface area contributed by atoms with Crippen molar-refractivity contribution in [1.82, 2.24) is 10.2 Å². The minimum Gasteiger partial charge on any atom is -0.308 e. The summed E-state index contributed by atoms with van der Waals surface area (Å²) in [4.78, 5) is 12.1. The van der Waals surface area contributed by atoms with Crippen LogP contribution < -0.4 is 5.32 Å². The number of carbonyl (C=O) groups excluding carboxylic acids is 1. The van der Waals surface area contributed by atoms with Gasteiger partial charge >= 0.3 is 0 Å². The van der Waals surface area contributed by atoms with E-state index >= 15 is 0 Å². The molecule has 1 heterocycles. The minimum atomic E-state index is -0.192. The van der Waals surface area contributed by atoms with Crippen molar-refractivity contribution >= 4 is 11.7 Å². The molecule has 1 amide bonds. The predicted octanol–water partition coefficient (Wildman–Crippen LogP) is 2.77. The summed E-state index contributed by atoms with van der Waals surface area (Å²) in [7, 11) is 0. The van der Waals surface area contributed by atoms with Gasteiger partial charge in [0, 0.05) is 11.3 Å². The lowest BCUT2D eigenvalue weighted by Crippen LogP contribution is -2.19. The Kier molecular flexibility index (Phi) is 3.46. The number of aromatic amines is 1. The van der Waals surface area contributed by atoms with Crippen LogP contribution in [0.5, 0.6) is 0 Å². The van der Waals surface area contributed by atoms with Crippen LogP contribution in [0.3, 0.4) is 0 Å². The quantitative estimate of drug-likeness (QED) is 0.870. The van der Waals surface area contributed by atoms with Crippen LogP contribution in [-0.2, 0) is 4.79 Å². The molecule has 2 rings (SSSR count). The van der Waals surface area contributed by atoms with E-state index in [-0.39, 0.29) is 11.8 Å². The number of rotatable bonds is 3.